The van der Waals surface area contributed by atoms with Crippen molar-refractivity contribution >= 4 is 17.6 Å². The van der Waals surface area contributed by atoms with Gasteiger partial charge in [0.2, 0.25) is 0 Å². The average molecular weight is 272 g/mol. The maximum absolute atomic E-state index is 10.8. The van der Waals surface area contributed by atoms with Crippen molar-refractivity contribution in [3.05, 3.63) is 17.2 Å². The molecule has 0 atom stereocenters. The van der Waals surface area contributed by atoms with Crippen molar-refractivity contribution in [2.45, 2.75) is 38.3 Å². The summed E-state index contributed by atoms with van der Waals surface area (Å²) < 4.78 is 1.84. The quantitative estimate of drug-likeness (QED) is 0.876. The lowest BCUT2D eigenvalue weighted by atomic mass is 9.86. The van der Waals surface area contributed by atoms with E-state index in [0.29, 0.717) is 17.7 Å². The monoisotopic (exact) mass is 271 g/mol. The molecule has 0 saturated heterocycles. The molecule has 0 amide bonds. The van der Waals surface area contributed by atoms with Crippen LogP contribution in [-0.4, -0.2) is 26.7 Å². The van der Waals surface area contributed by atoms with E-state index in [1.54, 1.807) is 6.20 Å². The molecule has 0 radical (unpaired) electrons. The Labute approximate surface area is 111 Å². The first-order valence-electron chi connectivity index (χ1n) is 6.20. The normalized spacial score (nSPS) is 24.1. The second-order valence-electron chi connectivity index (χ2n) is 4.82. The molecule has 18 heavy (non-hydrogen) atoms. The van der Waals surface area contributed by atoms with Gasteiger partial charge in [0.05, 0.1) is 18.7 Å². The van der Waals surface area contributed by atoms with Crippen molar-refractivity contribution in [1.82, 2.24) is 14.9 Å². The summed E-state index contributed by atoms with van der Waals surface area (Å²) in [4.78, 5) is 15.1. The summed E-state index contributed by atoms with van der Waals surface area (Å²) in [6, 6.07) is 0.385. The Balaban J connectivity index is 1.79. The Morgan fingerprint density at radius 1 is 1.56 bits per heavy atom. The summed E-state index contributed by atoms with van der Waals surface area (Å²) in [5.41, 5.74) is 0. The number of hydrogen-bond donors (Lipinski definition) is 2. The molecule has 5 nitrogen and oxygen atoms in total. The molecule has 2 N–H and O–H groups in total. The van der Waals surface area contributed by atoms with Crippen LogP contribution in [0.5, 0.6) is 0 Å². The van der Waals surface area contributed by atoms with E-state index in [1.165, 1.54) is 0 Å². The fourth-order valence-corrected chi connectivity index (χ4v) is 2.51. The Bertz CT molecular complexity index is 425. The predicted molar refractivity (Wildman–Crippen MR) is 68.4 cm³/mol. The highest BCUT2D eigenvalue weighted by Crippen LogP contribution is 2.24. The minimum absolute atomic E-state index is 0.161. The first kappa shape index (κ1) is 13.4. The topological polar surface area (TPSA) is 67.2 Å². The second kappa shape index (κ2) is 5.71. The van der Waals surface area contributed by atoms with Crippen molar-refractivity contribution < 1.29 is 9.90 Å². The second-order valence-corrected chi connectivity index (χ2v) is 5.21. The summed E-state index contributed by atoms with van der Waals surface area (Å²) >= 11 is 5.91. The Hall–Kier alpha value is -1.07. The van der Waals surface area contributed by atoms with E-state index >= 15 is 0 Å². The van der Waals surface area contributed by atoms with E-state index in [-0.39, 0.29) is 5.92 Å². The van der Waals surface area contributed by atoms with Gasteiger partial charge >= 0.3 is 5.97 Å². The van der Waals surface area contributed by atoms with Crippen LogP contribution in [0.25, 0.3) is 0 Å². The van der Waals surface area contributed by atoms with Gasteiger partial charge in [0.15, 0.2) is 0 Å². The van der Waals surface area contributed by atoms with Crippen molar-refractivity contribution in [2.75, 3.05) is 0 Å². The van der Waals surface area contributed by atoms with Gasteiger partial charge in [-0.3, -0.25) is 4.79 Å². The number of rotatable bonds is 4. The van der Waals surface area contributed by atoms with Gasteiger partial charge in [-0.25, -0.2) is 4.98 Å². The number of imidazole rings is 1. The first-order valence-corrected chi connectivity index (χ1v) is 6.58. The van der Waals surface area contributed by atoms with Crippen LogP contribution in [0, 0.1) is 5.92 Å². The largest absolute Gasteiger partial charge is 0.481 e. The van der Waals surface area contributed by atoms with E-state index < -0.39 is 5.97 Å². The molecule has 1 fully saturated rings. The van der Waals surface area contributed by atoms with Crippen LogP contribution in [0.2, 0.25) is 5.15 Å². The van der Waals surface area contributed by atoms with Crippen LogP contribution >= 0.6 is 11.6 Å². The Kier molecular flexibility index (Phi) is 4.24. The van der Waals surface area contributed by atoms with Crippen LogP contribution in [0.1, 0.15) is 31.5 Å². The number of carboxylic acids is 1. The molecule has 100 valence electrons. The summed E-state index contributed by atoms with van der Waals surface area (Å²) in [5.74, 6) is 0.0790. The third-order valence-electron chi connectivity index (χ3n) is 3.65. The highest BCUT2D eigenvalue weighted by Gasteiger charge is 2.25. The predicted octanol–water partition coefficient (Wildman–Crippen LogP) is 1.81. The van der Waals surface area contributed by atoms with Crippen LogP contribution < -0.4 is 5.32 Å². The molecule has 0 aliphatic heterocycles. The molecule has 2 rings (SSSR count). The number of nitrogens with one attached hydrogen (secondary N) is 1. The number of carbonyl (C=O) groups is 1. The van der Waals surface area contributed by atoms with Crippen LogP contribution in [-0.2, 0) is 18.4 Å². The maximum atomic E-state index is 10.8. The number of carboxylic acid groups (broad SMARTS) is 1. The summed E-state index contributed by atoms with van der Waals surface area (Å²) in [7, 11) is 1.88. The van der Waals surface area contributed by atoms with E-state index in [4.69, 9.17) is 16.7 Å². The Morgan fingerprint density at radius 2 is 2.22 bits per heavy atom. The highest BCUT2D eigenvalue weighted by atomic mass is 35.5. The van der Waals surface area contributed by atoms with Crippen LogP contribution in [0.15, 0.2) is 6.20 Å². The molecule has 0 bridgehead atoms. The number of aliphatic carboxylic acids is 1. The SMILES string of the molecule is Cn1c(Cl)cnc1CNC1CCC(C(=O)O)CC1. The van der Waals surface area contributed by atoms with Gasteiger partial charge in [-0.1, -0.05) is 11.6 Å². The van der Waals surface area contributed by atoms with Gasteiger partial charge in [-0.05, 0) is 25.7 Å². The van der Waals surface area contributed by atoms with Gasteiger partial charge in [-0.15, -0.1) is 0 Å². The van der Waals surface area contributed by atoms with Crippen molar-refractivity contribution in [1.29, 1.82) is 0 Å². The highest BCUT2D eigenvalue weighted by molar-refractivity contribution is 6.29. The molecule has 1 aliphatic carbocycles. The van der Waals surface area contributed by atoms with Crippen molar-refractivity contribution in [3.63, 3.8) is 0 Å². The minimum atomic E-state index is -0.663. The lowest BCUT2D eigenvalue weighted by Crippen LogP contribution is -2.35. The van der Waals surface area contributed by atoms with Gasteiger partial charge < -0.3 is 15.0 Å². The van der Waals surface area contributed by atoms with E-state index in [9.17, 15) is 4.79 Å². The molecule has 1 heterocycles. The zero-order valence-electron chi connectivity index (χ0n) is 10.4. The standard InChI is InChI=1S/C12H18ClN3O2/c1-16-10(13)6-15-11(16)7-14-9-4-2-8(3-5-9)12(17)18/h6,8-9,14H,2-5,7H2,1H3,(H,17,18). The van der Waals surface area contributed by atoms with E-state index in [0.717, 1.165) is 31.5 Å². The number of halogens is 1. The zero-order chi connectivity index (χ0) is 13.1. The van der Waals surface area contributed by atoms with E-state index in [1.807, 2.05) is 11.6 Å². The van der Waals surface area contributed by atoms with Gasteiger partial charge in [0.1, 0.15) is 11.0 Å². The summed E-state index contributed by atoms with van der Waals surface area (Å²) in [5, 5.41) is 13.0. The number of nitrogens with zero attached hydrogens (tertiary/aromatic N) is 2. The molecular weight excluding hydrogens is 254 g/mol. The van der Waals surface area contributed by atoms with Crippen molar-refractivity contribution in [3.8, 4) is 0 Å². The van der Waals surface area contributed by atoms with Gasteiger partial charge in [-0.2, -0.15) is 0 Å². The van der Waals surface area contributed by atoms with Crippen molar-refractivity contribution in [2.24, 2.45) is 13.0 Å². The molecule has 1 saturated carbocycles. The van der Waals surface area contributed by atoms with Crippen LogP contribution in [0.4, 0.5) is 0 Å². The van der Waals surface area contributed by atoms with Gasteiger partial charge in [0.25, 0.3) is 0 Å². The molecule has 1 aromatic heterocycles. The average Bonchev–Trinajstić information content (AvgIpc) is 2.68. The molecule has 0 spiro atoms. The molecule has 0 unspecified atom stereocenters. The summed E-state index contributed by atoms with van der Waals surface area (Å²) in [6.07, 6.45) is 4.98. The lowest BCUT2D eigenvalue weighted by Gasteiger charge is -2.26. The number of hydrogen-bond acceptors (Lipinski definition) is 3. The third kappa shape index (κ3) is 3.03. The van der Waals surface area contributed by atoms with E-state index in [2.05, 4.69) is 10.3 Å². The molecule has 1 aliphatic rings. The maximum Gasteiger partial charge on any atom is 0.306 e. The zero-order valence-corrected chi connectivity index (χ0v) is 11.2. The fraction of sp³-hybridized carbons (Fsp3) is 0.667. The first-order chi connectivity index (χ1) is 8.58. The molecule has 1 aromatic rings. The number of aromatic nitrogens is 2. The smallest absolute Gasteiger partial charge is 0.306 e. The lowest BCUT2D eigenvalue weighted by molar-refractivity contribution is -0.142. The Morgan fingerprint density at radius 3 is 2.72 bits per heavy atom. The molecular formula is C12H18ClN3O2. The third-order valence-corrected chi connectivity index (χ3v) is 4.00. The fourth-order valence-electron chi connectivity index (χ4n) is 2.37. The molecule has 6 heteroatoms. The minimum Gasteiger partial charge on any atom is -0.481 e. The molecule has 0 aromatic carbocycles. The summed E-state index contributed by atoms with van der Waals surface area (Å²) in [6.45, 7) is 0.672. The van der Waals surface area contributed by atoms with Crippen LogP contribution in [0.3, 0.4) is 0 Å². The van der Waals surface area contributed by atoms with Gasteiger partial charge in [0, 0.05) is 13.1 Å².